The zero-order valence-electron chi connectivity index (χ0n) is 10.2. The molecule has 1 aliphatic heterocycles. The second kappa shape index (κ2) is 4.82. The lowest BCUT2D eigenvalue weighted by molar-refractivity contribution is -0.144. The molecule has 1 saturated heterocycles. The highest BCUT2D eigenvalue weighted by atomic mass is 19.3. The highest BCUT2D eigenvalue weighted by Gasteiger charge is 2.41. The highest BCUT2D eigenvalue weighted by Crippen LogP contribution is 2.37. The number of halogens is 2. The third-order valence-corrected chi connectivity index (χ3v) is 3.93. The van der Waals surface area contributed by atoms with Gasteiger partial charge in [0.1, 0.15) is 6.04 Å². The topological polar surface area (TPSA) is 63.4 Å². The van der Waals surface area contributed by atoms with Crippen LogP contribution in [0.25, 0.3) is 0 Å². The van der Waals surface area contributed by atoms with E-state index in [2.05, 4.69) is 0 Å². The number of nitrogens with zero attached hydrogens (tertiary/aromatic N) is 1. The van der Waals surface area contributed by atoms with Crippen molar-refractivity contribution in [1.82, 2.24) is 4.90 Å². The third kappa shape index (κ3) is 2.62. The SMILES string of the molecule is NC(=O)C1CCCN1C(=O)C1CCC(F)(F)CC1. The predicted molar refractivity (Wildman–Crippen MR) is 60.8 cm³/mol. The van der Waals surface area contributed by atoms with Crippen LogP contribution in [-0.2, 0) is 9.59 Å². The lowest BCUT2D eigenvalue weighted by Gasteiger charge is -2.32. The van der Waals surface area contributed by atoms with E-state index in [0.717, 1.165) is 6.42 Å². The minimum Gasteiger partial charge on any atom is -0.368 e. The Labute approximate surface area is 104 Å². The van der Waals surface area contributed by atoms with Gasteiger partial charge in [0.05, 0.1) is 0 Å². The Morgan fingerprint density at radius 1 is 1.17 bits per heavy atom. The van der Waals surface area contributed by atoms with Gasteiger partial charge in [0.15, 0.2) is 0 Å². The molecule has 1 atom stereocenters. The van der Waals surface area contributed by atoms with Crippen LogP contribution in [0.3, 0.4) is 0 Å². The number of hydrogen-bond donors (Lipinski definition) is 1. The first-order valence-corrected chi connectivity index (χ1v) is 6.38. The van der Waals surface area contributed by atoms with E-state index in [-0.39, 0.29) is 37.5 Å². The minimum absolute atomic E-state index is 0.174. The zero-order chi connectivity index (χ0) is 13.3. The minimum atomic E-state index is -2.63. The molecule has 18 heavy (non-hydrogen) atoms. The molecule has 2 N–H and O–H groups in total. The lowest BCUT2D eigenvalue weighted by atomic mass is 9.85. The van der Waals surface area contributed by atoms with E-state index in [1.807, 2.05) is 0 Å². The average Bonchev–Trinajstić information content (AvgIpc) is 2.77. The van der Waals surface area contributed by atoms with Gasteiger partial charge < -0.3 is 10.6 Å². The maximum Gasteiger partial charge on any atom is 0.248 e. The monoisotopic (exact) mass is 260 g/mol. The van der Waals surface area contributed by atoms with Crippen LogP contribution in [0, 0.1) is 5.92 Å². The van der Waals surface area contributed by atoms with Crippen molar-refractivity contribution in [3.05, 3.63) is 0 Å². The maximum atomic E-state index is 13.0. The van der Waals surface area contributed by atoms with Gasteiger partial charge in [-0.3, -0.25) is 9.59 Å². The number of rotatable bonds is 2. The van der Waals surface area contributed by atoms with Crippen molar-refractivity contribution in [1.29, 1.82) is 0 Å². The van der Waals surface area contributed by atoms with Crippen LogP contribution in [-0.4, -0.2) is 35.2 Å². The molecule has 4 nitrogen and oxygen atoms in total. The van der Waals surface area contributed by atoms with Gasteiger partial charge in [-0.25, -0.2) is 8.78 Å². The smallest absolute Gasteiger partial charge is 0.248 e. The van der Waals surface area contributed by atoms with Crippen molar-refractivity contribution < 1.29 is 18.4 Å². The molecule has 0 aromatic heterocycles. The molecule has 0 spiro atoms. The molecule has 1 unspecified atom stereocenters. The van der Waals surface area contributed by atoms with Crippen LogP contribution in [0.1, 0.15) is 38.5 Å². The van der Waals surface area contributed by atoms with Crippen LogP contribution < -0.4 is 5.73 Å². The van der Waals surface area contributed by atoms with Gasteiger partial charge in [-0.05, 0) is 25.7 Å². The van der Waals surface area contributed by atoms with Crippen LogP contribution in [0.4, 0.5) is 8.78 Å². The van der Waals surface area contributed by atoms with Gasteiger partial charge in [0.25, 0.3) is 0 Å². The van der Waals surface area contributed by atoms with E-state index < -0.39 is 17.9 Å². The first-order chi connectivity index (χ1) is 8.41. The van der Waals surface area contributed by atoms with Gasteiger partial charge in [0, 0.05) is 25.3 Å². The van der Waals surface area contributed by atoms with Gasteiger partial charge in [-0.15, -0.1) is 0 Å². The Morgan fingerprint density at radius 3 is 2.33 bits per heavy atom. The second-order valence-electron chi connectivity index (χ2n) is 5.22. The maximum absolute atomic E-state index is 13.0. The fraction of sp³-hybridized carbons (Fsp3) is 0.833. The van der Waals surface area contributed by atoms with E-state index in [1.165, 1.54) is 4.90 Å². The average molecular weight is 260 g/mol. The van der Waals surface area contributed by atoms with Crippen molar-refractivity contribution in [2.24, 2.45) is 11.7 Å². The number of likely N-dealkylation sites (tertiary alicyclic amines) is 1. The molecule has 0 aromatic rings. The summed E-state index contributed by atoms with van der Waals surface area (Å²) in [4.78, 5) is 24.9. The zero-order valence-corrected chi connectivity index (χ0v) is 10.2. The molecule has 0 radical (unpaired) electrons. The number of alkyl halides is 2. The number of nitrogens with two attached hydrogens (primary N) is 1. The molecule has 102 valence electrons. The van der Waals surface area contributed by atoms with Crippen LogP contribution in [0.15, 0.2) is 0 Å². The highest BCUT2D eigenvalue weighted by molar-refractivity contribution is 5.88. The lowest BCUT2D eigenvalue weighted by Crippen LogP contribution is -2.47. The normalized spacial score (nSPS) is 28.3. The van der Waals surface area contributed by atoms with Gasteiger partial charge in [0.2, 0.25) is 17.7 Å². The van der Waals surface area contributed by atoms with Crippen LogP contribution in [0.2, 0.25) is 0 Å². The summed E-state index contributed by atoms with van der Waals surface area (Å²) in [5.74, 6) is -3.68. The summed E-state index contributed by atoms with van der Waals surface area (Å²) in [6.45, 7) is 0.513. The summed E-state index contributed by atoms with van der Waals surface area (Å²) < 4.78 is 26.0. The number of primary amides is 1. The molecule has 0 bridgehead atoms. The van der Waals surface area contributed by atoms with Crippen molar-refractivity contribution >= 4 is 11.8 Å². The summed E-state index contributed by atoms with van der Waals surface area (Å²) in [6.07, 6.45) is 1.27. The van der Waals surface area contributed by atoms with E-state index in [4.69, 9.17) is 5.73 Å². The van der Waals surface area contributed by atoms with Crippen molar-refractivity contribution in [2.45, 2.75) is 50.5 Å². The fourth-order valence-corrected chi connectivity index (χ4v) is 2.85. The Kier molecular flexibility index (Phi) is 3.54. The molecular weight excluding hydrogens is 242 g/mol. The number of amides is 2. The predicted octanol–water partition coefficient (Wildman–Crippen LogP) is 1.29. The molecular formula is C12H18F2N2O2. The van der Waals surface area contributed by atoms with Crippen molar-refractivity contribution in [2.75, 3.05) is 6.54 Å². The first kappa shape index (κ1) is 13.2. The van der Waals surface area contributed by atoms with Gasteiger partial charge >= 0.3 is 0 Å². The van der Waals surface area contributed by atoms with E-state index in [1.54, 1.807) is 0 Å². The summed E-state index contributed by atoms with van der Waals surface area (Å²) >= 11 is 0. The van der Waals surface area contributed by atoms with E-state index in [9.17, 15) is 18.4 Å². The summed E-state index contributed by atoms with van der Waals surface area (Å²) in [7, 11) is 0. The molecule has 2 fully saturated rings. The molecule has 2 rings (SSSR count). The second-order valence-corrected chi connectivity index (χ2v) is 5.22. The number of hydrogen-bond acceptors (Lipinski definition) is 2. The van der Waals surface area contributed by atoms with Gasteiger partial charge in [-0.2, -0.15) is 0 Å². The molecule has 2 amide bonds. The molecule has 1 heterocycles. The summed E-state index contributed by atoms with van der Waals surface area (Å²) in [5.41, 5.74) is 5.25. The van der Waals surface area contributed by atoms with Crippen LogP contribution in [0.5, 0.6) is 0 Å². The number of carbonyl (C=O) groups excluding carboxylic acids is 2. The molecule has 0 aromatic carbocycles. The largest absolute Gasteiger partial charge is 0.368 e. The Balaban J connectivity index is 1.97. The van der Waals surface area contributed by atoms with E-state index >= 15 is 0 Å². The summed E-state index contributed by atoms with van der Waals surface area (Å²) in [5, 5.41) is 0. The first-order valence-electron chi connectivity index (χ1n) is 6.38. The van der Waals surface area contributed by atoms with Crippen LogP contribution >= 0.6 is 0 Å². The Hall–Kier alpha value is -1.20. The molecule has 1 aliphatic carbocycles. The van der Waals surface area contributed by atoms with Crippen molar-refractivity contribution in [3.8, 4) is 0 Å². The fourth-order valence-electron chi connectivity index (χ4n) is 2.85. The number of carbonyl (C=O) groups is 2. The Bertz CT molecular complexity index is 350. The quantitative estimate of drug-likeness (QED) is 0.813. The molecule has 1 saturated carbocycles. The van der Waals surface area contributed by atoms with E-state index in [0.29, 0.717) is 13.0 Å². The van der Waals surface area contributed by atoms with Crippen molar-refractivity contribution in [3.63, 3.8) is 0 Å². The summed E-state index contributed by atoms with van der Waals surface area (Å²) in [6, 6.07) is -0.542. The Morgan fingerprint density at radius 2 is 1.78 bits per heavy atom. The third-order valence-electron chi connectivity index (χ3n) is 3.93. The molecule has 6 heteroatoms. The van der Waals surface area contributed by atoms with Gasteiger partial charge in [-0.1, -0.05) is 0 Å². The standard InChI is InChI=1S/C12H18F2N2O2/c13-12(14)5-3-8(4-6-12)11(18)16-7-1-2-9(16)10(15)17/h8-9H,1-7H2,(H2,15,17). The molecule has 2 aliphatic rings.